The molecule has 1 aromatic carbocycles. The maximum atomic E-state index is 13.6. The van der Waals surface area contributed by atoms with E-state index in [1.807, 2.05) is 6.07 Å². The first-order valence-electron chi connectivity index (χ1n) is 5.75. The van der Waals surface area contributed by atoms with Gasteiger partial charge in [0.2, 0.25) is 0 Å². The SMILES string of the molecule is CCCC1NCCc2c(F)ccc(C)c21. The molecule has 1 unspecified atom stereocenters. The standard InChI is InChI=1S/C13H18FN/c1-3-4-12-13-9(2)5-6-11(14)10(13)7-8-15-12/h5-6,12,15H,3-4,7-8H2,1-2H3. The predicted molar refractivity (Wildman–Crippen MR) is 60.5 cm³/mol. The van der Waals surface area contributed by atoms with Crippen LogP contribution in [0.15, 0.2) is 12.1 Å². The normalized spacial score (nSPS) is 20.1. The van der Waals surface area contributed by atoms with Crippen LogP contribution in [0.25, 0.3) is 0 Å². The lowest BCUT2D eigenvalue weighted by Crippen LogP contribution is -2.31. The lowest BCUT2D eigenvalue weighted by Gasteiger charge is -2.28. The first-order valence-corrected chi connectivity index (χ1v) is 5.75. The van der Waals surface area contributed by atoms with Crippen molar-refractivity contribution in [3.8, 4) is 0 Å². The number of hydrogen-bond acceptors (Lipinski definition) is 1. The number of benzene rings is 1. The average molecular weight is 207 g/mol. The Hall–Kier alpha value is -0.890. The van der Waals surface area contributed by atoms with Crippen LogP contribution in [0.2, 0.25) is 0 Å². The monoisotopic (exact) mass is 207 g/mol. The number of hydrogen-bond donors (Lipinski definition) is 1. The van der Waals surface area contributed by atoms with Gasteiger partial charge in [0, 0.05) is 6.04 Å². The van der Waals surface area contributed by atoms with Crippen LogP contribution >= 0.6 is 0 Å². The van der Waals surface area contributed by atoms with E-state index in [1.165, 1.54) is 11.1 Å². The Balaban J connectivity index is 2.45. The fourth-order valence-corrected chi connectivity index (χ4v) is 2.50. The number of aryl methyl sites for hydroxylation is 1. The third-order valence-electron chi connectivity index (χ3n) is 3.21. The molecular formula is C13H18FN. The van der Waals surface area contributed by atoms with Crippen molar-refractivity contribution < 1.29 is 4.39 Å². The highest BCUT2D eigenvalue weighted by molar-refractivity contribution is 5.39. The first-order chi connectivity index (χ1) is 7.24. The van der Waals surface area contributed by atoms with Gasteiger partial charge < -0.3 is 5.32 Å². The number of halogens is 1. The van der Waals surface area contributed by atoms with Crippen molar-refractivity contribution in [2.45, 2.75) is 39.2 Å². The molecule has 2 heteroatoms. The van der Waals surface area contributed by atoms with Gasteiger partial charge in [-0.25, -0.2) is 4.39 Å². The van der Waals surface area contributed by atoms with Crippen LogP contribution in [-0.2, 0) is 6.42 Å². The van der Waals surface area contributed by atoms with Crippen LogP contribution in [0.3, 0.4) is 0 Å². The molecule has 1 heterocycles. The van der Waals surface area contributed by atoms with E-state index in [4.69, 9.17) is 0 Å². The third kappa shape index (κ3) is 1.91. The quantitative estimate of drug-likeness (QED) is 0.785. The lowest BCUT2D eigenvalue weighted by molar-refractivity contribution is 0.456. The zero-order chi connectivity index (χ0) is 10.8. The lowest BCUT2D eigenvalue weighted by atomic mass is 9.88. The highest BCUT2D eigenvalue weighted by atomic mass is 19.1. The van der Waals surface area contributed by atoms with Crippen molar-refractivity contribution in [3.63, 3.8) is 0 Å². The molecule has 1 aromatic rings. The fraction of sp³-hybridized carbons (Fsp3) is 0.538. The first kappa shape index (κ1) is 10.6. The van der Waals surface area contributed by atoms with E-state index in [2.05, 4.69) is 19.2 Å². The second-order valence-electron chi connectivity index (χ2n) is 4.30. The molecule has 82 valence electrons. The number of rotatable bonds is 2. The van der Waals surface area contributed by atoms with E-state index in [-0.39, 0.29) is 5.82 Å². The van der Waals surface area contributed by atoms with E-state index >= 15 is 0 Å². The molecule has 0 fully saturated rings. The van der Waals surface area contributed by atoms with Crippen molar-refractivity contribution in [2.24, 2.45) is 0 Å². The number of nitrogens with one attached hydrogen (secondary N) is 1. The van der Waals surface area contributed by atoms with Crippen molar-refractivity contribution in [1.82, 2.24) is 5.32 Å². The maximum Gasteiger partial charge on any atom is 0.126 e. The van der Waals surface area contributed by atoms with E-state index in [0.29, 0.717) is 6.04 Å². The Bertz CT molecular complexity index is 360. The predicted octanol–water partition coefficient (Wildman–Crippen LogP) is 3.12. The molecule has 1 aliphatic heterocycles. The molecule has 0 saturated heterocycles. The highest BCUT2D eigenvalue weighted by Crippen LogP contribution is 2.30. The molecule has 0 aromatic heterocycles. The van der Waals surface area contributed by atoms with E-state index in [1.54, 1.807) is 6.07 Å². The molecular weight excluding hydrogens is 189 g/mol. The van der Waals surface area contributed by atoms with Crippen LogP contribution in [0.4, 0.5) is 4.39 Å². The van der Waals surface area contributed by atoms with Crippen molar-refractivity contribution >= 4 is 0 Å². The molecule has 0 aliphatic carbocycles. The number of fused-ring (bicyclic) bond motifs is 1. The van der Waals surface area contributed by atoms with Gasteiger partial charge in [-0.1, -0.05) is 19.4 Å². The Kier molecular flexibility index (Phi) is 3.06. The summed E-state index contributed by atoms with van der Waals surface area (Å²) in [5.74, 6) is -0.0294. The van der Waals surface area contributed by atoms with Gasteiger partial charge in [0.05, 0.1) is 0 Å². The van der Waals surface area contributed by atoms with Crippen LogP contribution in [0.1, 0.15) is 42.5 Å². The molecule has 2 rings (SSSR count). The minimum absolute atomic E-state index is 0.0294. The topological polar surface area (TPSA) is 12.0 Å². The van der Waals surface area contributed by atoms with Gasteiger partial charge in [-0.05, 0) is 49.1 Å². The van der Waals surface area contributed by atoms with Crippen molar-refractivity contribution in [3.05, 3.63) is 34.6 Å². The summed E-state index contributed by atoms with van der Waals surface area (Å²) in [6.07, 6.45) is 3.05. The molecule has 1 atom stereocenters. The molecule has 1 N–H and O–H groups in total. The molecule has 0 radical (unpaired) electrons. The van der Waals surface area contributed by atoms with Gasteiger partial charge in [0.25, 0.3) is 0 Å². The minimum Gasteiger partial charge on any atom is -0.310 e. The summed E-state index contributed by atoms with van der Waals surface area (Å²) in [7, 11) is 0. The zero-order valence-electron chi connectivity index (χ0n) is 9.44. The largest absolute Gasteiger partial charge is 0.310 e. The third-order valence-corrected chi connectivity index (χ3v) is 3.21. The van der Waals surface area contributed by atoms with Gasteiger partial charge in [-0.15, -0.1) is 0 Å². The maximum absolute atomic E-state index is 13.6. The average Bonchev–Trinajstić information content (AvgIpc) is 2.24. The van der Waals surface area contributed by atoms with Crippen LogP contribution in [0.5, 0.6) is 0 Å². The summed E-state index contributed by atoms with van der Waals surface area (Å²) >= 11 is 0. The van der Waals surface area contributed by atoms with Gasteiger partial charge >= 0.3 is 0 Å². The van der Waals surface area contributed by atoms with E-state index in [9.17, 15) is 4.39 Å². The van der Waals surface area contributed by atoms with Crippen LogP contribution < -0.4 is 5.32 Å². The summed E-state index contributed by atoms with van der Waals surface area (Å²) in [6, 6.07) is 3.85. The van der Waals surface area contributed by atoms with E-state index < -0.39 is 0 Å². The van der Waals surface area contributed by atoms with Gasteiger partial charge in [-0.2, -0.15) is 0 Å². The van der Waals surface area contributed by atoms with Crippen molar-refractivity contribution in [1.29, 1.82) is 0 Å². The summed E-state index contributed by atoms with van der Waals surface area (Å²) in [5, 5.41) is 3.48. The van der Waals surface area contributed by atoms with E-state index in [0.717, 1.165) is 31.4 Å². The summed E-state index contributed by atoms with van der Waals surface area (Å²) < 4.78 is 13.6. The highest BCUT2D eigenvalue weighted by Gasteiger charge is 2.22. The Morgan fingerprint density at radius 1 is 1.47 bits per heavy atom. The summed E-state index contributed by atoms with van der Waals surface area (Å²) in [6.45, 7) is 5.15. The fourth-order valence-electron chi connectivity index (χ4n) is 2.50. The molecule has 0 saturated carbocycles. The van der Waals surface area contributed by atoms with Gasteiger partial charge in [-0.3, -0.25) is 0 Å². The Morgan fingerprint density at radius 2 is 2.27 bits per heavy atom. The second kappa shape index (κ2) is 4.31. The van der Waals surface area contributed by atoms with Gasteiger partial charge in [0.1, 0.15) is 5.82 Å². The minimum atomic E-state index is -0.0294. The molecule has 1 nitrogen and oxygen atoms in total. The summed E-state index contributed by atoms with van der Waals surface area (Å²) in [4.78, 5) is 0. The van der Waals surface area contributed by atoms with Crippen molar-refractivity contribution in [2.75, 3.05) is 6.54 Å². The zero-order valence-corrected chi connectivity index (χ0v) is 9.44. The summed E-state index contributed by atoms with van der Waals surface area (Å²) in [5.41, 5.74) is 3.37. The molecule has 0 spiro atoms. The Morgan fingerprint density at radius 3 is 3.00 bits per heavy atom. The smallest absolute Gasteiger partial charge is 0.126 e. The molecule has 0 bridgehead atoms. The second-order valence-corrected chi connectivity index (χ2v) is 4.30. The molecule has 15 heavy (non-hydrogen) atoms. The molecule has 0 amide bonds. The van der Waals surface area contributed by atoms with Gasteiger partial charge in [0.15, 0.2) is 0 Å². The molecule has 1 aliphatic rings. The Labute approximate surface area is 90.7 Å². The van der Waals surface area contributed by atoms with Crippen LogP contribution in [0, 0.1) is 12.7 Å². The van der Waals surface area contributed by atoms with Crippen LogP contribution in [-0.4, -0.2) is 6.54 Å².